The van der Waals surface area contributed by atoms with Gasteiger partial charge in [0.2, 0.25) is 0 Å². The molecule has 1 fully saturated rings. The zero-order valence-electron chi connectivity index (χ0n) is 13.1. The van der Waals surface area contributed by atoms with Crippen molar-refractivity contribution < 1.29 is 9.53 Å². The second kappa shape index (κ2) is 5.89. The predicted octanol–water partition coefficient (Wildman–Crippen LogP) is 2.45. The maximum Gasteiger partial charge on any atom is 0.273 e. The average Bonchev–Trinajstić information content (AvgIpc) is 2.99. The Labute approximate surface area is 140 Å². The van der Waals surface area contributed by atoms with Crippen molar-refractivity contribution in [3.8, 4) is 11.4 Å². The molecule has 2 N–H and O–H groups in total. The van der Waals surface area contributed by atoms with Gasteiger partial charge in [0.25, 0.3) is 5.91 Å². The van der Waals surface area contributed by atoms with Gasteiger partial charge >= 0.3 is 0 Å². The largest absolute Gasteiger partial charge is 0.497 e. The summed E-state index contributed by atoms with van der Waals surface area (Å²) in [6, 6.07) is 9.91. The summed E-state index contributed by atoms with van der Waals surface area (Å²) < 4.78 is 7.33. The molecule has 3 rings (SSSR count). The first-order valence-corrected chi connectivity index (χ1v) is 7.58. The smallest absolute Gasteiger partial charge is 0.273 e. The minimum Gasteiger partial charge on any atom is -0.497 e. The van der Waals surface area contributed by atoms with E-state index in [-0.39, 0.29) is 5.91 Å². The Balaban J connectivity index is 2.01. The van der Waals surface area contributed by atoms with Gasteiger partial charge in [-0.25, -0.2) is 0 Å². The number of thiocarbonyl (C=S) groups is 1. The molecule has 1 aliphatic rings. The number of rotatable bonds is 3. The molecule has 118 valence electrons. The minimum absolute atomic E-state index is 0.204. The van der Waals surface area contributed by atoms with E-state index >= 15 is 0 Å². The number of carbonyl (C=O) groups is 1. The molecule has 0 spiro atoms. The molecular weight excluding hydrogens is 310 g/mol. The van der Waals surface area contributed by atoms with E-state index in [0.717, 1.165) is 28.4 Å². The first kappa shape index (κ1) is 15.3. The average molecular weight is 327 g/mol. The second-order valence-electron chi connectivity index (χ2n) is 5.33. The lowest BCUT2D eigenvalue weighted by Crippen LogP contribution is -2.21. The Morgan fingerprint density at radius 2 is 1.87 bits per heavy atom. The number of ether oxygens (including phenoxy) is 1. The summed E-state index contributed by atoms with van der Waals surface area (Å²) in [6.07, 6.45) is 1.82. The van der Waals surface area contributed by atoms with Crippen LogP contribution in [0.25, 0.3) is 11.8 Å². The summed E-state index contributed by atoms with van der Waals surface area (Å²) in [5.74, 6) is 0.614. The molecule has 23 heavy (non-hydrogen) atoms. The van der Waals surface area contributed by atoms with Crippen LogP contribution in [0.1, 0.15) is 17.0 Å². The van der Waals surface area contributed by atoms with Crippen molar-refractivity contribution in [2.45, 2.75) is 13.8 Å². The van der Waals surface area contributed by atoms with Crippen LogP contribution < -0.4 is 15.4 Å². The van der Waals surface area contributed by atoms with Crippen LogP contribution in [0, 0.1) is 13.8 Å². The number of hydrogen-bond donors (Lipinski definition) is 2. The molecule has 1 amide bonds. The van der Waals surface area contributed by atoms with Gasteiger partial charge in [0.15, 0.2) is 5.11 Å². The van der Waals surface area contributed by atoms with Gasteiger partial charge in [0.1, 0.15) is 11.4 Å². The first-order chi connectivity index (χ1) is 11.0. The van der Waals surface area contributed by atoms with Crippen molar-refractivity contribution in [1.82, 2.24) is 15.2 Å². The van der Waals surface area contributed by atoms with Crippen molar-refractivity contribution in [3.05, 3.63) is 53.0 Å². The molecule has 1 aliphatic heterocycles. The molecule has 5 nitrogen and oxygen atoms in total. The minimum atomic E-state index is -0.204. The van der Waals surface area contributed by atoms with E-state index in [9.17, 15) is 4.79 Å². The first-order valence-electron chi connectivity index (χ1n) is 7.17. The van der Waals surface area contributed by atoms with E-state index in [1.165, 1.54) is 0 Å². The Morgan fingerprint density at radius 1 is 1.17 bits per heavy atom. The molecule has 0 bridgehead atoms. The Hall–Kier alpha value is -2.60. The number of amides is 1. The topological polar surface area (TPSA) is 55.3 Å². The third kappa shape index (κ3) is 2.85. The van der Waals surface area contributed by atoms with Crippen molar-refractivity contribution in [1.29, 1.82) is 0 Å². The second-order valence-corrected chi connectivity index (χ2v) is 5.73. The Morgan fingerprint density at radius 3 is 2.43 bits per heavy atom. The molecule has 6 heteroatoms. The lowest BCUT2D eigenvalue weighted by atomic mass is 10.2. The van der Waals surface area contributed by atoms with Gasteiger partial charge in [-0.1, -0.05) is 0 Å². The highest BCUT2D eigenvalue weighted by atomic mass is 32.1. The molecule has 0 saturated carbocycles. The summed E-state index contributed by atoms with van der Waals surface area (Å²) in [7, 11) is 1.65. The fourth-order valence-corrected chi connectivity index (χ4v) is 2.90. The van der Waals surface area contributed by atoms with Gasteiger partial charge < -0.3 is 14.6 Å². The maximum absolute atomic E-state index is 11.8. The van der Waals surface area contributed by atoms with Crippen LogP contribution in [0.3, 0.4) is 0 Å². The van der Waals surface area contributed by atoms with Crippen molar-refractivity contribution in [2.24, 2.45) is 0 Å². The van der Waals surface area contributed by atoms with E-state index in [1.807, 2.05) is 50.3 Å². The summed E-state index contributed by atoms with van der Waals surface area (Å²) in [5, 5.41) is 5.77. The number of carbonyl (C=O) groups excluding carboxylic acids is 1. The van der Waals surface area contributed by atoms with Crippen molar-refractivity contribution in [3.63, 3.8) is 0 Å². The number of benzene rings is 1. The SMILES string of the molecule is COc1ccc(-n2c(C)cc(/C=C3/NC(=S)NC3=O)c2C)cc1. The highest BCUT2D eigenvalue weighted by Crippen LogP contribution is 2.24. The molecule has 1 aromatic heterocycles. The maximum atomic E-state index is 11.8. The molecule has 0 atom stereocenters. The predicted molar refractivity (Wildman–Crippen MR) is 93.6 cm³/mol. The third-order valence-electron chi connectivity index (χ3n) is 3.82. The third-order valence-corrected chi connectivity index (χ3v) is 4.02. The molecule has 0 unspecified atom stereocenters. The standard InChI is InChI=1S/C17H17N3O2S/c1-10-8-12(9-15-16(21)19-17(23)18-15)11(2)20(10)13-4-6-14(22-3)7-5-13/h4-9H,1-3H3,(H2,18,19,21,23)/b15-9+. The summed E-state index contributed by atoms with van der Waals surface area (Å²) >= 11 is 4.95. The van der Waals surface area contributed by atoms with Gasteiger partial charge in [0.05, 0.1) is 7.11 Å². The van der Waals surface area contributed by atoms with Crippen LogP contribution in [0.2, 0.25) is 0 Å². The van der Waals surface area contributed by atoms with Crippen molar-refractivity contribution in [2.75, 3.05) is 7.11 Å². The molecule has 2 heterocycles. The van der Waals surface area contributed by atoms with Crippen LogP contribution in [-0.2, 0) is 4.79 Å². The number of nitrogens with zero attached hydrogens (tertiary/aromatic N) is 1. The van der Waals surface area contributed by atoms with Crippen LogP contribution >= 0.6 is 12.2 Å². The summed E-state index contributed by atoms with van der Waals surface area (Å²) in [5.41, 5.74) is 4.61. The normalized spacial score (nSPS) is 15.7. The number of aryl methyl sites for hydroxylation is 1. The molecule has 1 aromatic carbocycles. The lowest BCUT2D eigenvalue weighted by Gasteiger charge is -2.10. The molecule has 2 aromatic rings. The van der Waals surface area contributed by atoms with Crippen LogP contribution in [-0.4, -0.2) is 22.7 Å². The van der Waals surface area contributed by atoms with Crippen LogP contribution in [0.5, 0.6) is 5.75 Å². The van der Waals surface area contributed by atoms with Gasteiger partial charge in [-0.3, -0.25) is 10.1 Å². The highest BCUT2D eigenvalue weighted by Gasteiger charge is 2.21. The molecule has 1 saturated heterocycles. The number of aromatic nitrogens is 1. The highest BCUT2D eigenvalue weighted by molar-refractivity contribution is 7.80. The number of methoxy groups -OCH3 is 1. The van der Waals surface area contributed by atoms with E-state index in [2.05, 4.69) is 15.2 Å². The monoisotopic (exact) mass is 327 g/mol. The van der Waals surface area contributed by atoms with Gasteiger partial charge in [-0.15, -0.1) is 0 Å². The van der Waals surface area contributed by atoms with Crippen LogP contribution in [0.15, 0.2) is 36.0 Å². The van der Waals surface area contributed by atoms with Gasteiger partial charge in [-0.05, 0) is 68.0 Å². The van der Waals surface area contributed by atoms with Gasteiger partial charge in [-0.2, -0.15) is 0 Å². The Bertz CT molecular complexity index is 819. The summed E-state index contributed by atoms with van der Waals surface area (Å²) in [4.78, 5) is 11.8. The summed E-state index contributed by atoms with van der Waals surface area (Å²) in [6.45, 7) is 4.06. The van der Waals surface area contributed by atoms with Gasteiger partial charge in [0, 0.05) is 17.1 Å². The quantitative estimate of drug-likeness (QED) is 0.672. The Kier molecular flexibility index (Phi) is 3.92. The zero-order chi connectivity index (χ0) is 16.6. The van der Waals surface area contributed by atoms with E-state index in [4.69, 9.17) is 17.0 Å². The number of hydrogen-bond acceptors (Lipinski definition) is 3. The van der Waals surface area contributed by atoms with E-state index in [1.54, 1.807) is 7.11 Å². The fourth-order valence-electron chi connectivity index (χ4n) is 2.70. The van der Waals surface area contributed by atoms with E-state index in [0.29, 0.717) is 10.8 Å². The fraction of sp³-hybridized carbons (Fsp3) is 0.176. The van der Waals surface area contributed by atoms with E-state index < -0.39 is 0 Å². The zero-order valence-corrected chi connectivity index (χ0v) is 14.0. The number of nitrogens with one attached hydrogen (secondary N) is 2. The molecule has 0 aliphatic carbocycles. The molecule has 0 radical (unpaired) electrons. The molecular formula is C17H17N3O2S. The van der Waals surface area contributed by atoms with Crippen LogP contribution in [0.4, 0.5) is 0 Å². The lowest BCUT2D eigenvalue weighted by molar-refractivity contribution is -0.115. The van der Waals surface area contributed by atoms with Crippen molar-refractivity contribution >= 4 is 29.3 Å².